The SMILES string of the molecule is COP(=O)(OC)O[C@@H]1[C@@H](OP(=O)(OC)OC)[C@@](O)(C(=O)c2ccccc2)[C@@H](OP(=O)(OC)OC)[C@](O)(C(=O)c2ccccc2)[C@H]1OP(=O)(OC)OC. The minimum absolute atomic E-state index is 0.393. The van der Waals surface area contributed by atoms with Gasteiger partial charge in [0.25, 0.3) is 0 Å². The second-order valence-electron chi connectivity index (χ2n) is 10.4. The molecule has 0 aromatic heterocycles. The summed E-state index contributed by atoms with van der Waals surface area (Å²) in [5, 5.41) is 26.0. The van der Waals surface area contributed by atoms with Crippen LogP contribution in [0.2, 0.25) is 0 Å². The van der Waals surface area contributed by atoms with Crippen LogP contribution in [0.5, 0.6) is 0 Å². The van der Waals surface area contributed by atoms with E-state index >= 15 is 0 Å². The van der Waals surface area contributed by atoms with Gasteiger partial charge >= 0.3 is 31.3 Å². The number of aliphatic hydroxyl groups is 2. The Balaban J connectivity index is 2.70. The zero-order chi connectivity index (χ0) is 39.2. The third kappa shape index (κ3) is 8.82. The van der Waals surface area contributed by atoms with Crippen LogP contribution < -0.4 is 0 Å². The maximum Gasteiger partial charge on any atom is 0.474 e. The lowest BCUT2D eigenvalue weighted by Gasteiger charge is -2.56. The van der Waals surface area contributed by atoms with Gasteiger partial charge in [-0.05, 0) is 0 Å². The van der Waals surface area contributed by atoms with E-state index in [1.165, 1.54) is 60.7 Å². The fraction of sp³-hybridized carbons (Fsp3) is 0.500. The minimum Gasteiger partial charge on any atom is -0.376 e. The molecule has 0 heterocycles. The van der Waals surface area contributed by atoms with Crippen molar-refractivity contribution in [3.8, 4) is 0 Å². The Kier molecular flexibility index (Phi) is 15.2. The van der Waals surface area contributed by atoms with E-state index in [1.807, 2.05) is 0 Å². The molecule has 0 saturated heterocycles. The molecule has 0 spiro atoms. The molecule has 1 aliphatic carbocycles. The van der Waals surface area contributed by atoms with Crippen molar-refractivity contribution in [3.63, 3.8) is 0 Å². The predicted molar refractivity (Wildman–Crippen MR) is 177 cm³/mol. The summed E-state index contributed by atoms with van der Waals surface area (Å²) in [4.78, 5) is 29.5. The topological polar surface area (TPSA) is 254 Å². The molecule has 2 aromatic rings. The molecule has 52 heavy (non-hydrogen) atoms. The fourth-order valence-corrected chi connectivity index (χ4v) is 8.68. The molecular weight excluding hydrogens is 780 g/mol. The molecular formula is C28H40O20P4. The van der Waals surface area contributed by atoms with Gasteiger partial charge in [0, 0.05) is 68.0 Å². The number of phosphoric acid groups is 4. The normalized spacial score (nSPS) is 25.9. The van der Waals surface area contributed by atoms with Crippen molar-refractivity contribution in [3.05, 3.63) is 71.8 Å². The highest BCUT2D eigenvalue weighted by molar-refractivity contribution is 7.49. The van der Waals surface area contributed by atoms with Gasteiger partial charge in [0.2, 0.25) is 0 Å². The lowest BCUT2D eigenvalue weighted by molar-refractivity contribution is -0.258. The van der Waals surface area contributed by atoms with Gasteiger partial charge in [0.15, 0.2) is 22.8 Å². The van der Waals surface area contributed by atoms with Crippen molar-refractivity contribution >= 4 is 42.9 Å². The molecule has 292 valence electrons. The first-order chi connectivity index (χ1) is 24.4. The average molecular weight is 821 g/mol. The molecule has 1 saturated carbocycles. The highest BCUT2D eigenvalue weighted by Gasteiger charge is 2.77. The van der Waals surface area contributed by atoms with Crippen LogP contribution in [-0.4, -0.2) is 114 Å². The van der Waals surface area contributed by atoms with Crippen molar-refractivity contribution in [1.82, 2.24) is 0 Å². The van der Waals surface area contributed by atoms with Gasteiger partial charge in [0.05, 0.1) is 0 Å². The number of ketones is 2. The van der Waals surface area contributed by atoms with Crippen LogP contribution in [0, 0.1) is 0 Å². The molecule has 24 heteroatoms. The smallest absolute Gasteiger partial charge is 0.376 e. The number of benzene rings is 2. The zero-order valence-corrected chi connectivity index (χ0v) is 32.7. The number of rotatable bonds is 20. The van der Waals surface area contributed by atoms with E-state index in [0.29, 0.717) is 0 Å². The van der Waals surface area contributed by atoms with Gasteiger partial charge in [-0.25, -0.2) is 18.3 Å². The van der Waals surface area contributed by atoms with E-state index in [0.717, 1.165) is 56.9 Å². The van der Waals surface area contributed by atoms with Gasteiger partial charge in [-0.1, -0.05) is 60.7 Å². The van der Waals surface area contributed by atoms with Crippen LogP contribution in [0.4, 0.5) is 0 Å². The summed E-state index contributed by atoms with van der Waals surface area (Å²) >= 11 is 0. The number of phosphoric ester groups is 4. The van der Waals surface area contributed by atoms with E-state index in [-0.39, 0.29) is 0 Å². The monoisotopic (exact) mass is 820 g/mol. The van der Waals surface area contributed by atoms with Crippen molar-refractivity contribution in [2.24, 2.45) is 0 Å². The molecule has 1 fully saturated rings. The summed E-state index contributed by atoms with van der Waals surface area (Å²) in [5.41, 5.74) is -8.20. The van der Waals surface area contributed by atoms with Crippen molar-refractivity contribution in [2.75, 3.05) is 56.9 Å². The number of hydrogen-bond acceptors (Lipinski definition) is 20. The van der Waals surface area contributed by atoms with E-state index in [9.17, 15) is 38.1 Å². The summed E-state index contributed by atoms with van der Waals surface area (Å²) < 4.78 is 117. The highest BCUT2D eigenvalue weighted by atomic mass is 31.2. The van der Waals surface area contributed by atoms with Crippen LogP contribution >= 0.6 is 31.3 Å². The van der Waals surface area contributed by atoms with E-state index in [2.05, 4.69) is 0 Å². The average Bonchev–Trinajstić information content (AvgIpc) is 3.19. The Bertz CT molecular complexity index is 1600. The molecule has 2 N–H and O–H groups in total. The number of hydrogen-bond donors (Lipinski definition) is 2. The van der Waals surface area contributed by atoms with Gasteiger partial charge < -0.3 is 10.2 Å². The van der Waals surface area contributed by atoms with Gasteiger partial charge in [-0.2, -0.15) is 0 Å². The maximum absolute atomic E-state index is 14.8. The van der Waals surface area contributed by atoms with Crippen molar-refractivity contribution in [2.45, 2.75) is 35.6 Å². The van der Waals surface area contributed by atoms with Crippen LogP contribution in [0.15, 0.2) is 60.7 Å². The Morgan fingerprint density at radius 3 is 1.04 bits per heavy atom. The third-order valence-electron chi connectivity index (χ3n) is 7.82. The molecule has 0 aliphatic heterocycles. The molecule has 6 atom stereocenters. The Morgan fingerprint density at radius 2 is 0.750 bits per heavy atom. The summed E-state index contributed by atoms with van der Waals surface area (Å²) in [6.45, 7) is 0. The second-order valence-corrected chi connectivity index (χ2v) is 17.7. The van der Waals surface area contributed by atoms with Crippen LogP contribution in [0.1, 0.15) is 20.7 Å². The van der Waals surface area contributed by atoms with Crippen molar-refractivity contribution < 1.29 is 92.3 Å². The molecule has 0 unspecified atom stereocenters. The molecule has 2 aromatic carbocycles. The molecule has 20 nitrogen and oxygen atoms in total. The highest BCUT2D eigenvalue weighted by Crippen LogP contribution is 2.63. The number of carbonyl (C=O) groups is 2. The first-order valence-electron chi connectivity index (χ1n) is 14.6. The largest absolute Gasteiger partial charge is 0.474 e. The molecule has 0 amide bonds. The summed E-state index contributed by atoms with van der Waals surface area (Å²) in [5.74, 6) is -3.00. The van der Waals surface area contributed by atoms with E-state index < -0.39 is 89.6 Å². The van der Waals surface area contributed by atoms with Crippen LogP contribution in [-0.2, 0) is 72.5 Å². The van der Waals surface area contributed by atoms with E-state index in [1.54, 1.807) is 0 Å². The number of Topliss-reactive ketones (excluding diaryl/α,β-unsaturated/α-hetero) is 2. The Labute approximate surface area is 299 Å². The summed E-state index contributed by atoms with van der Waals surface area (Å²) in [7, 11) is -13.4. The Morgan fingerprint density at radius 1 is 0.481 bits per heavy atom. The van der Waals surface area contributed by atoms with Crippen molar-refractivity contribution in [1.29, 1.82) is 0 Å². The van der Waals surface area contributed by atoms with Gasteiger partial charge in [-0.3, -0.25) is 63.9 Å². The number of carbonyl (C=O) groups excluding carboxylic acids is 2. The van der Waals surface area contributed by atoms with Crippen LogP contribution in [0.25, 0.3) is 0 Å². The lowest BCUT2D eigenvalue weighted by Crippen LogP contribution is -2.81. The zero-order valence-electron chi connectivity index (χ0n) is 29.1. The molecule has 0 bridgehead atoms. The first-order valence-corrected chi connectivity index (χ1v) is 20.5. The minimum atomic E-state index is -5.07. The first kappa shape index (κ1) is 44.5. The summed E-state index contributed by atoms with van der Waals surface area (Å²) in [6.07, 6.45) is -11.1. The predicted octanol–water partition coefficient (Wildman–Crippen LogP) is 4.37. The maximum atomic E-state index is 14.8. The lowest BCUT2D eigenvalue weighted by atomic mass is 9.63. The van der Waals surface area contributed by atoms with Crippen LogP contribution in [0.3, 0.4) is 0 Å². The standard InChI is InChI=1S/C28H40O20P4/c1-37-49(33,38-2)45-21-24(46-50(34,39-3)40-4)27(31,22(29)19-15-11-9-12-16-19)26(48-52(36,43-7)44-8)28(32,23(30)20-17-13-10-14-18-20)25(21)47-51(35,41-5)42-6/h9-18,21,24-26,31-32H,1-8H3/t21-,24-,25+,26-,27-,28-/m0/s1. The van der Waals surface area contributed by atoms with Gasteiger partial charge in [0.1, 0.15) is 24.4 Å². The van der Waals surface area contributed by atoms with Gasteiger partial charge in [-0.15, -0.1) is 0 Å². The summed E-state index contributed by atoms with van der Waals surface area (Å²) in [6, 6.07) is 13.1. The molecule has 0 radical (unpaired) electrons. The quantitative estimate of drug-likeness (QED) is 0.139. The van der Waals surface area contributed by atoms with E-state index in [4.69, 9.17) is 54.3 Å². The molecule has 3 rings (SSSR count). The second kappa shape index (κ2) is 17.7. The Hall–Kier alpha value is -1.86. The fourth-order valence-electron chi connectivity index (χ4n) is 5.18. The molecule has 1 aliphatic rings. The third-order valence-corrected chi connectivity index (χ3v) is 13.3.